The van der Waals surface area contributed by atoms with E-state index in [4.69, 9.17) is 5.73 Å². The molecule has 3 rings (SSSR count). The summed E-state index contributed by atoms with van der Waals surface area (Å²) in [6.45, 7) is 0. The Bertz CT molecular complexity index is 955. The average Bonchev–Trinajstić information content (AvgIpc) is 3.18. The molecule has 9 heteroatoms. The average molecular weight is 364 g/mol. The monoisotopic (exact) mass is 364 g/mol. The maximum atomic E-state index is 12.7. The van der Waals surface area contributed by atoms with Gasteiger partial charge < -0.3 is 11.1 Å². The number of hydrogen-bond acceptors (Lipinski definition) is 6. The minimum Gasteiger partial charge on any atom is -0.363 e. The number of ketones is 1. The molecule has 0 saturated carbocycles. The molecular formula is C18H16N6O3. The SMILES string of the molecule is NC(=O)C(=O)C(Cc1ccccc1)NC(=O)c1cncn1-c1ncccn1. The molecular weight excluding hydrogens is 348 g/mol. The van der Waals surface area contributed by atoms with Gasteiger partial charge in [-0.15, -0.1) is 0 Å². The van der Waals surface area contributed by atoms with Crippen LogP contribution in [0.15, 0.2) is 61.3 Å². The first-order valence-electron chi connectivity index (χ1n) is 8.04. The molecule has 1 unspecified atom stereocenters. The van der Waals surface area contributed by atoms with E-state index >= 15 is 0 Å². The van der Waals surface area contributed by atoms with E-state index in [1.807, 2.05) is 6.07 Å². The maximum absolute atomic E-state index is 12.7. The van der Waals surface area contributed by atoms with Crippen LogP contribution in [0.4, 0.5) is 0 Å². The van der Waals surface area contributed by atoms with Crippen LogP contribution >= 0.6 is 0 Å². The zero-order valence-electron chi connectivity index (χ0n) is 14.1. The van der Waals surface area contributed by atoms with Crippen molar-refractivity contribution in [2.45, 2.75) is 12.5 Å². The lowest BCUT2D eigenvalue weighted by Gasteiger charge is -2.16. The molecule has 0 bridgehead atoms. The van der Waals surface area contributed by atoms with E-state index in [-0.39, 0.29) is 18.1 Å². The number of primary amides is 1. The Labute approximate surface area is 154 Å². The number of aromatic nitrogens is 4. The topological polar surface area (TPSA) is 133 Å². The molecule has 0 radical (unpaired) electrons. The van der Waals surface area contributed by atoms with Gasteiger partial charge in [0.25, 0.3) is 11.8 Å². The molecule has 3 aromatic rings. The fourth-order valence-corrected chi connectivity index (χ4v) is 2.50. The molecule has 27 heavy (non-hydrogen) atoms. The molecule has 0 aliphatic heterocycles. The first-order valence-corrected chi connectivity index (χ1v) is 8.04. The van der Waals surface area contributed by atoms with Crippen molar-refractivity contribution < 1.29 is 14.4 Å². The van der Waals surface area contributed by atoms with Gasteiger partial charge in [-0.05, 0) is 11.6 Å². The van der Waals surface area contributed by atoms with Gasteiger partial charge in [-0.3, -0.25) is 19.0 Å². The number of benzene rings is 1. The summed E-state index contributed by atoms with van der Waals surface area (Å²) in [7, 11) is 0. The van der Waals surface area contributed by atoms with Crippen LogP contribution in [0.2, 0.25) is 0 Å². The number of imidazole rings is 1. The Kier molecular flexibility index (Phi) is 5.31. The summed E-state index contributed by atoms with van der Waals surface area (Å²) in [5.74, 6) is -2.35. The molecule has 2 heterocycles. The van der Waals surface area contributed by atoms with Gasteiger partial charge in [0.1, 0.15) is 18.1 Å². The Hall–Kier alpha value is -3.88. The van der Waals surface area contributed by atoms with E-state index in [9.17, 15) is 14.4 Å². The van der Waals surface area contributed by atoms with Crippen molar-refractivity contribution in [3.05, 3.63) is 72.6 Å². The van der Waals surface area contributed by atoms with Crippen molar-refractivity contribution in [3.63, 3.8) is 0 Å². The van der Waals surface area contributed by atoms with Crippen molar-refractivity contribution in [1.82, 2.24) is 24.8 Å². The third-order valence-corrected chi connectivity index (χ3v) is 3.79. The summed E-state index contributed by atoms with van der Waals surface area (Å²) in [6, 6.07) is 9.53. The summed E-state index contributed by atoms with van der Waals surface area (Å²) in [6.07, 6.45) is 5.88. The number of nitrogens with zero attached hydrogens (tertiary/aromatic N) is 4. The molecule has 0 aliphatic rings. The summed E-state index contributed by atoms with van der Waals surface area (Å²) in [4.78, 5) is 48.3. The quantitative estimate of drug-likeness (QED) is 0.570. The lowest BCUT2D eigenvalue weighted by Crippen LogP contribution is -2.47. The van der Waals surface area contributed by atoms with Gasteiger partial charge in [0.2, 0.25) is 11.7 Å². The smallest absolute Gasteiger partial charge is 0.287 e. The number of hydrogen-bond donors (Lipinski definition) is 2. The number of Topliss-reactive ketones (excluding diaryl/α,β-unsaturated/α-hetero) is 1. The standard InChI is InChI=1S/C18H16N6O3/c19-16(26)15(25)13(9-12-5-2-1-3-6-12)23-17(27)14-10-20-11-24(14)18-21-7-4-8-22-18/h1-8,10-11,13H,9H2,(H2,19,26)(H,23,27). The van der Waals surface area contributed by atoms with Crippen molar-refractivity contribution in [1.29, 1.82) is 0 Å². The molecule has 9 nitrogen and oxygen atoms in total. The van der Waals surface area contributed by atoms with Crippen LogP contribution < -0.4 is 11.1 Å². The number of nitrogens with one attached hydrogen (secondary N) is 1. The zero-order valence-corrected chi connectivity index (χ0v) is 14.1. The Morgan fingerprint density at radius 3 is 2.44 bits per heavy atom. The highest BCUT2D eigenvalue weighted by Crippen LogP contribution is 2.08. The van der Waals surface area contributed by atoms with Gasteiger partial charge in [-0.2, -0.15) is 0 Å². The fraction of sp³-hybridized carbons (Fsp3) is 0.111. The largest absolute Gasteiger partial charge is 0.363 e. The molecule has 1 atom stereocenters. The van der Waals surface area contributed by atoms with E-state index < -0.39 is 23.6 Å². The van der Waals surface area contributed by atoms with E-state index in [0.29, 0.717) is 0 Å². The molecule has 0 saturated heterocycles. The summed E-state index contributed by atoms with van der Waals surface area (Å²) in [5, 5.41) is 2.55. The van der Waals surface area contributed by atoms with Gasteiger partial charge in [-0.25, -0.2) is 15.0 Å². The van der Waals surface area contributed by atoms with Gasteiger partial charge in [-0.1, -0.05) is 30.3 Å². The molecule has 136 valence electrons. The van der Waals surface area contributed by atoms with Crippen LogP contribution in [0.5, 0.6) is 0 Å². The molecule has 1 aromatic carbocycles. The van der Waals surface area contributed by atoms with Gasteiger partial charge in [0, 0.05) is 18.8 Å². The number of amides is 2. The van der Waals surface area contributed by atoms with Gasteiger partial charge in [0.05, 0.1) is 6.20 Å². The van der Waals surface area contributed by atoms with Crippen molar-refractivity contribution >= 4 is 17.6 Å². The molecule has 0 fully saturated rings. The minimum absolute atomic E-state index is 0.122. The van der Waals surface area contributed by atoms with Crippen LogP contribution in [0.3, 0.4) is 0 Å². The molecule has 3 N–H and O–H groups in total. The van der Waals surface area contributed by atoms with Crippen LogP contribution in [-0.4, -0.2) is 43.2 Å². The van der Waals surface area contributed by atoms with E-state index in [0.717, 1.165) is 5.56 Å². The second kappa shape index (κ2) is 8.00. The number of carbonyl (C=O) groups excluding carboxylic acids is 3. The van der Waals surface area contributed by atoms with E-state index in [1.165, 1.54) is 29.5 Å². The van der Waals surface area contributed by atoms with Crippen molar-refractivity contribution in [3.8, 4) is 5.95 Å². The van der Waals surface area contributed by atoms with Crippen LogP contribution in [0, 0.1) is 0 Å². The molecule has 2 amide bonds. The first-order chi connectivity index (χ1) is 13.1. The lowest BCUT2D eigenvalue weighted by atomic mass is 10.0. The van der Waals surface area contributed by atoms with Gasteiger partial charge >= 0.3 is 0 Å². The van der Waals surface area contributed by atoms with Crippen LogP contribution in [0.25, 0.3) is 5.95 Å². The summed E-state index contributed by atoms with van der Waals surface area (Å²) < 4.78 is 1.38. The third kappa shape index (κ3) is 4.21. The molecule has 2 aromatic heterocycles. The lowest BCUT2D eigenvalue weighted by molar-refractivity contribution is -0.137. The molecule has 0 aliphatic carbocycles. The number of carbonyl (C=O) groups is 3. The summed E-state index contributed by atoms with van der Waals surface area (Å²) in [5.41, 5.74) is 6.03. The highest BCUT2D eigenvalue weighted by molar-refractivity contribution is 6.38. The minimum atomic E-state index is -1.11. The second-order valence-electron chi connectivity index (χ2n) is 5.64. The van der Waals surface area contributed by atoms with Crippen molar-refractivity contribution in [2.75, 3.05) is 0 Å². The van der Waals surface area contributed by atoms with Crippen LogP contribution in [0.1, 0.15) is 16.1 Å². The third-order valence-electron chi connectivity index (χ3n) is 3.79. The second-order valence-corrected chi connectivity index (χ2v) is 5.64. The zero-order chi connectivity index (χ0) is 19.2. The normalized spacial score (nSPS) is 11.6. The van der Waals surface area contributed by atoms with Gasteiger partial charge in [0.15, 0.2) is 0 Å². The van der Waals surface area contributed by atoms with E-state index in [1.54, 1.807) is 30.3 Å². The first kappa shape index (κ1) is 17.9. The predicted molar refractivity (Wildman–Crippen MR) is 94.8 cm³/mol. The summed E-state index contributed by atoms with van der Waals surface area (Å²) >= 11 is 0. The highest BCUT2D eigenvalue weighted by atomic mass is 16.2. The Morgan fingerprint density at radius 1 is 1.07 bits per heavy atom. The van der Waals surface area contributed by atoms with Crippen molar-refractivity contribution in [2.24, 2.45) is 5.73 Å². The highest BCUT2D eigenvalue weighted by Gasteiger charge is 2.27. The Balaban J connectivity index is 1.84. The Morgan fingerprint density at radius 2 is 1.78 bits per heavy atom. The number of nitrogens with two attached hydrogens (primary N) is 1. The fourth-order valence-electron chi connectivity index (χ4n) is 2.50. The van der Waals surface area contributed by atoms with E-state index in [2.05, 4.69) is 20.3 Å². The maximum Gasteiger partial charge on any atom is 0.287 e. The number of rotatable bonds is 7. The predicted octanol–water partition coefficient (Wildman–Crippen LogP) is 0.0578. The molecule has 0 spiro atoms. The van der Waals surface area contributed by atoms with Crippen LogP contribution in [-0.2, 0) is 16.0 Å².